The summed E-state index contributed by atoms with van der Waals surface area (Å²) in [5, 5.41) is 3.01. The van der Waals surface area contributed by atoms with E-state index in [9.17, 15) is 4.79 Å². The summed E-state index contributed by atoms with van der Waals surface area (Å²) in [4.78, 5) is 13.6. The maximum atomic E-state index is 12.2. The van der Waals surface area contributed by atoms with Gasteiger partial charge in [0.1, 0.15) is 5.75 Å². The molecule has 2 N–H and O–H groups in total. The standard InChI is InChI=1S/C20H24N2O3/c1-24-17-9-6-16(7-10-17)8-11-20(23)21-15-18(19-5-4-14-25-19)22-12-2-3-13-22/h4-11,14,18H,2-3,12-13,15H2,1H3,(H,21,23)/p+1/b11-8+/t18-/m0/s1. The van der Waals surface area contributed by atoms with E-state index in [4.69, 9.17) is 9.15 Å². The van der Waals surface area contributed by atoms with Gasteiger partial charge in [0.15, 0.2) is 11.8 Å². The molecule has 5 heteroatoms. The molecule has 3 rings (SSSR count). The number of carbonyl (C=O) groups is 1. The van der Waals surface area contributed by atoms with Crippen LogP contribution in [0.4, 0.5) is 0 Å². The van der Waals surface area contributed by atoms with Crippen molar-refractivity contribution in [3.8, 4) is 5.75 Å². The quantitative estimate of drug-likeness (QED) is 0.756. The number of carbonyl (C=O) groups excluding carboxylic acids is 1. The Morgan fingerprint density at radius 1 is 1.28 bits per heavy atom. The van der Waals surface area contributed by atoms with Gasteiger partial charge in [0.05, 0.1) is 33.0 Å². The highest BCUT2D eigenvalue weighted by Gasteiger charge is 2.29. The number of quaternary nitrogens is 1. The van der Waals surface area contributed by atoms with Gasteiger partial charge in [-0.1, -0.05) is 12.1 Å². The molecular weight excluding hydrogens is 316 g/mol. The van der Waals surface area contributed by atoms with Crippen LogP contribution in [-0.2, 0) is 4.79 Å². The van der Waals surface area contributed by atoms with Crippen LogP contribution in [0, 0.1) is 0 Å². The molecule has 0 radical (unpaired) electrons. The molecule has 1 fully saturated rings. The van der Waals surface area contributed by atoms with Crippen LogP contribution in [0.5, 0.6) is 5.75 Å². The molecule has 0 bridgehead atoms. The zero-order chi connectivity index (χ0) is 17.5. The van der Waals surface area contributed by atoms with Gasteiger partial charge in [-0.15, -0.1) is 0 Å². The van der Waals surface area contributed by atoms with Crippen molar-refractivity contribution in [3.63, 3.8) is 0 Å². The fourth-order valence-corrected chi connectivity index (χ4v) is 3.26. The molecule has 1 aromatic carbocycles. The number of hydrogen-bond acceptors (Lipinski definition) is 3. The first-order chi connectivity index (χ1) is 12.3. The predicted octanol–water partition coefficient (Wildman–Crippen LogP) is 1.84. The molecule has 5 nitrogen and oxygen atoms in total. The van der Waals surface area contributed by atoms with Gasteiger partial charge in [-0.05, 0) is 35.9 Å². The number of methoxy groups -OCH3 is 1. The van der Waals surface area contributed by atoms with Crippen molar-refractivity contribution in [1.82, 2.24) is 5.32 Å². The average molecular weight is 341 g/mol. The number of ether oxygens (including phenoxy) is 1. The van der Waals surface area contributed by atoms with Crippen LogP contribution >= 0.6 is 0 Å². The van der Waals surface area contributed by atoms with E-state index in [1.54, 1.807) is 25.5 Å². The smallest absolute Gasteiger partial charge is 0.244 e. The van der Waals surface area contributed by atoms with Gasteiger partial charge in [0, 0.05) is 18.9 Å². The highest BCUT2D eigenvalue weighted by Crippen LogP contribution is 2.13. The van der Waals surface area contributed by atoms with E-state index in [-0.39, 0.29) is 11.9 Å². The first kappa shape index (κ1) is 17.3. The fraction of sp³-hybridized carbons (Fsp3) is 0.350. The Bertz CT molecular complexity index is 686. The van der Waals surface area contributed by atoms with Crippen LogP contribution in [0.25, 0.3) is 6.08 Å². The Balaban J connectivity index is 1.56. The Labute approximate surface area is 148 Å². The molecule has 0 unspecified atom stereocenters. The Morgan fingerprint density at radius 3 is 2.68 bits per heavy atom. The lowest BCUT2D eigenvalue weighted by Gasteiger charge is -2.22. The number of benzene rings is 1. The Hall–Kier alpha value is -2.53. The summed E-state index contributed by atoms with van der Waals surface area (Å²) in [6, 6.07) is 11.7. The van der Waals surface area contributed by atoms with Gasteiger partial charge >= 0.3 is 0 Å². The maximum absolute atomic E-state index is 12.2. The van der Waals surface area contributed by atoms with Gasteiger partial charge in [0.25, 0.3) is 0 Å². The molecule has 1 saturated heterocycles. The van der Waals surface area contributed by atoms with Gasteiger partial charge in [-0.3, -0.25) is 4.79 Å². The lowest BCUT2D eigenvalue weighted by Crippen LogP contribution is -3.11. The molecule has 0 saturated carbocycles. The third-order valence-corrected chi connectivity index (χ3v) is 4.65. The van der Waals surface area contributed by atoms with E-state index in [1.165, 1.54) is 17.7 Å². The van der Waals surface area contributed by atoms with E-state index in [1.807, 2.05) is 36.4 Å². The lowest BCUT2D eigenvalue weighted by molar-refractivity contribution is -0.919. The second-order valence-electron chi connectivity index (χ2n) is 6.29. The first-order valence-corrected chi connectivity index (χ1v) is 8.74. The van der Waals surface area contributed by atoms with E-state index < -0.39 is 0 Å². The zero-order valence-electron chi connectivity index (χ0n) is 14.5. The summed E-state index contributed by atoms with van der Waals surface area (Å²) in [6.07, 6.45) is 7.54. The van der Waals surface area contributed by atoms with Crippen molar-refractivity contribution in [2.75, 3.05) is 26.7 Å². The molecule has 25 heavy (non-hydrogen) atoms. The van der Waals surface area contributed by atoms with E-state index >= 15 is 0 Å². The number of nitrogens with one attached hydrogen (secondary N) is 2. The summed E-state index contributed by atoms with van der Waals surface area (Å²) < 4.78 is 10.7. The van der Waals surface area contributed by atoms with Crippen molar-refractivity contribution >= 4 is 12.0 Å². The van der Waals surface area contributed by atoms with Crippen molar-refractivity contribution in [2.45, 2.75) is 18.9 Å². The first-order valence-electron chi connectivity index (χ1n) is 8.74. The van der Waals surface area contributed by atoms with Crippen LogP contribution in [0.1, 0.15) is 30.2 Å². The molecule has 0 aliphatic carbocycles. The molecule has 1 aliphatic rings. The van der Waals surface area contributed by atoms with Crippen LogP contribution < -0.4 is 15.0 Å². The summed E-state index contributed by atoms with van der Waals surface area (Å²) >= 11 is 0. The molecule has 1 aliphatic heterocycles. The average Bonchev–Trinajstić information content (AvgIpc) is 3.35. The Kier molecular flexibility index (Phi) is 5.90. The predicted molar refractivity (Wildman–Crippen MR) is 96.4 cm³/mol. The van der Waals surface area contributed by atoms with E-state index in [0.717, 1.165) is 30.2 Å². The van der Waals surface area contributed by atoms with Crippen molar-refractivity contribution in [1.29, 1.82) is 0 Å². The lowest BCUT2D eigenvalue weighted by atomic mass is 10.2. The second kappa shape index (κ2) is 8.53. The van der Waals surface area contributed by atoms with Crippen molar-refractivity contribution in [2.24, 2.45) is 0 Å². The van der Waals surface area contributed by atoms with Crippen LogP contribution in [0.15, 0.2) is 53.2 Å². The molecule has 2 aromatic rings. The minimum atomic E-state index is -0.0917. The largest absolute Gasteiger partial charge is 0.497 e. The molecule has 1 atom stereocenters. The summed E-state index contributed by atoms with van der Waals surface area (Å²) in [7, 11) is 1.64. The number of furan rings is 1. The second-order valence-corrected chi connectivity index (χ2v) is 6.29. The fourth-order valence-electron chi connectivity index (χ4n) is 3.26. The minimum Gasteiger partial charge on any atom is -0.497 e. The number of amides is 1. The van der Waals surface area contributed by atoms with Crippen LogP contribution in [-0.4, -0.2) is 32.7 Å². The molecule has 0 spiro atoms. The third-order valence-electron chi connectivity index (χ3n) is 4.65. The van der Waals surface area contributed by atoms with Crippen molar-refractivity contribution in [3.05, 3.63) is 60.1 Å². The van der Waals surface area contributed by atoms with Crippen molar-refractivity contribution < 1.29 is 18.8 Å². The molecule has 132 valence electrons. The maximum Gasteiger partial charge on any atom is 0.244 e. The third kappa shape index (κ3) is 4.73. The van der Waals surface area contributed by atoms with Crippen LogP contribution in [0.2, 0.25) is 0 Å². The van der Waals surface area contributed by atoms with Gasteiger partial charge in [-0.2, -0.15) is 0 Å². The minimum absolute atomic E-state index is 0.0917. The number of hydrogen-bond donors (Lipinski definition) is 2. The normalized spacial score (nSPS) is 16.2. The number of rotatable bonds is 7. The molecule has 1 aromatic heterocycles. The topological polar surface area (TPSA) is 55.9 Å². The number of likely N-dealkylation sites (tertiary alicyclic amines) is 1. The summed E-state index contributed by atoms with van der Waals surface area (Å²) in [5.74, 6) is 1.65. The van der Waals surface area contributed by atoms with Gasteiger partial charge in [-0.25, -0.2) is 0 Å². The summed E-state index contributed by atoms with van der Waals surface area (Å²) in [6.45, 7) is 2.83. The van der Waals surface area contributed by atoms with Gasteiger partial charge in [0.2, 0.25) is 5.91 Å². The van der Waals surface area contributed by atoms with Gasteiger partial charge < -0.3 is 19.4 Å². The van der Waals surface area contributed by atoms with E-state index in [0.29, 0.717) is 6.54 Å². The SMILES string of the molecule is COc1ccc(/C=C/C(=O)NC[C@@H](c2ccco2)[NH+]2CCCC2)cc1. The van der Waals surface area contributed by atoms with E-state index in [2.05, 4.69) is 5.32 Å². The highest BCUT2D eigenvalue weighted by molar-refractivity contribution is 5.91. The highest BCUT2D eigenvalue weighted by atomic mass is 16.5. The Morgan fingerprint density at radius 2 is 2.04 bits per heavy atom. The monoisotopic (exact) mass is 341 g/mol. The molecule has 2 heterocycles. The molecule has 1 amide bonds. The molecular formula is C20H25N2O3+. The van der Waals surface area contributed by atoms with Crippen LogP contribution in [0.3, 0.4) is 0 Å². The zero-order valence-corrected chi connectivity index (χ0v) is 14.5. The summed E-state index contributed by atoms with van der Waals surface area (Å²) in [5.41, 5.74) is 0.962.